The molecule has 0 amide bonds. The second-order valence-electron chi connectivity index (χ2n) is 6.75. The number of carbonyl (C=O) groups excluding carboxylic acids is 1. The third kappa shape index (κ3) is 4.68. The Bertz CT molecular complexity index is 1360. The van der Waals surface area contributed by atoms with Gasteiger partial charge in [-0.1, -0.05) is 30.3 Å². The van der Waals surface area contributed by atoms with E-state index in [-0.39, 0.29) is 23.1 Å². The van der Waals surface area contributed by atoms with Gasteiger partial charge in [0.1, 0.15) is 0 Å². The second-order valence-corrected chi connectivity index (χ2v) is 8.43. The number of nitrogens with zero attached hydrogens (tertiary/aromatic N) is 2. The molecule has 1 heterocycles. The van der Waals surface area contributed by atoms with E-state index in [9.17, 15) is 13.2 Å². The van der Waals surface area contributed by atoms with Gasteiger partial charge in [0, 0.05) is 5.69 Å². The number of rotatable bonds is 7. The number of aromatic nitrogens is 2. The van der Waals surface area contributed by atoms with Gasteiger partial charge in [0.05, 0.1) is 28.1 Å². The highest BCUT2D eigenvalue weighted by molar-refractivity contribution is 7.92. The summed E-state index contributed by atoms with van der Waals surface area (Å²) in [5.41, 5.74) is 2.15. The molecule has 0 spiro atoms. The molecule has 4 rings (SSSR count). The number of ether oxygens (including phenoxy) is 1. The average molecular weight is 449 g/mol. The number of carbonyl (C=O) groups is 1. The Kier molecular flexibility index (Phi) is 6.00. The predicted octanol–water partition coefficient (Wildman–Crippen LogP) is 4.35. The van der Waals surface area contributed by atoms with E-state index in [1.165, 1.54) is 12.1 Å². The van der Waals surface area contributed by atoms with E-state index in [1.54, 1.807) is 67.6 Å². The highest BCUT2D eigenvalue weighted by Crippen LogP contribution is 2.27. The van der Waals surface area contributed by atoms with Crippen LogP contribution in [-0.2, 0) is 14.8 Å². The van der Waals surface area contributed by atoms with Crippen molar-refractivity contribution in [3.05, 3.63) is 84.4 Å². The fourth-order valence-electron chi connectivity index (χ4n) is 2.98. The monoisotopic (exact) mass is 448 g/mol. The highest BCUT2D eigenvalue weighted by Gasteiger charge is 2.19. The lowest BCUT2D eigenvalue weighted by molar-refractivity contribution is 0.0526. The van der Waals surface area contributed by atoms with Gasteiger partial charge in [-0.3, -0.25) is 4.72 Å². The van der Waals surface area contributed by atoms with Crippen molar-refractivity contribution in [1.82, 2.24) is 9.97 Å². The average Bonchev–Trinajstić information content (AvgIpc) is 2.80. The molecule has 3 aromatic carbocycles. The lowest BCUT2D eigenvalue weighted by atomic mass is 10.2. The first-order valence-corrected chi connectivity index (χ1v) is 11.3. The Morgan fingerprint density at radius 3 is 2.06 bits per heavy atom. The van der Waals surface area contributed by atoms with Crippen LogP contribution in [0.15, 0.2) is 83.8 Å². The minimum absolute atomic E-state index is 0.0574. The number of fused-ring (bicyclic) bond motifs is 1. The molecule has 9 heteroatoms. The molecule has 0 aliphatic carbocycles. The van der Waals surface area contributed by atoms with Crippen molar-refractivity contribution in [3.63, 3.8) is 0 Å². The second kappa shape index (κ2) is 9.03. The van der Waals surface area contributed by atoms with Crippen LogP contribution in [0.5, 0.6) is 0 Å². The Hall–Kier alpha value is -3.98. The number of para-hydroxylation sites is 2. The number of hydrogen-bond donors (Lipinski definition) is 2. The van der Waals surface area contributed by atoms with Gasteiger partial charge >= 0.3 is 5.97 Å². The van der Waals surface area contributed by atoms with Crippen molar-refractivity contribution in [2.45, 2.75) is 11.8 Å². The fourth-order valence-corrected chi connectivity index (χ4v) is 4.02. The molecule has 0 aliphatic heterocycles. The van der Waals surface area contributed by atoms with Gasteiger partial charge in [0.25, 0.3) is 10.0 Å². The van der Waals surface area contributed by atoms with E-state index in [1.807, 2.05) is 6.07 Å². The molecular formula is C23H20N4O4S. The molecule has 0 radical (unpaired) electrons. The maximum atomic E-state index is 12.9. The molecule has 162 valence electrons. The van der Waals surface area contributed by atoms with Crippen LogP contribution in [0.2, 0.25) is 0 Å². The zero-order chi connectivity index (χ0) is 22.6. The molecule has 0 unspecified atom stereocenters. The van der Waals surface area contributed by atoms with Crippen LogP contribution in [0.1, 0.15) is 17.3 Å². The van der Waals surface area contributed by atoms with E-state index in [0.717, 1.165) is 0 Å². The molecule has 0 aliphatic rings. The molecule has 4 aromatic rings. The minimum Gasteiger partial charge on any atom is -0.462 e. The normalized spacial score (nSPS) is 11.2. The van der Waals surface area contributed by atoms with Crippen LogP contribution < -0.4 is 10.0 Å². The van der Waals surface area contributed by atoms with Gasteiger partial charge in [-0.05, 0) is 55.5 Å². The topological polar surface area (TPSA) is 110 Å². The van der Waals surface area contributed by atoms with Crippen LogP contribution in [-0.4, -0.2) is 31.0 Å². The Labute approximate surface area is 185 Å². The summed E-state index contributed by atoms with van der Waals surface area (Å²) in [5, 5.41) is 3.08. The standard InChI is InChI=1S/C23H20N4O4S/c1-2-31-23(28)16-12-14-17(15-13-16)24-21-22(26-20-11-7-6-10-19(20)25-21)27-32(29,30)18-8-4-3-5-9-18/h3-15H,2H2,1H3,(H,24,25)(H,26,27). The molecule has 2 N–H and O–H groups in total. The quantitative estimate of drug-likeness (QED) is 0.404. The zero-order valence-corrected chi connectivity index (χ0v) is 18.0. The van der Waals surface area contributed by atoms with Crippen LogP contribution >= 0.6 is 0 Å². The van der Waals surface area contributed by atoms with Crippen LogP contribution in [0.3, 0.4) is 0 Å². The molecular weight excluding hydrogens is 428 g/mol. The molecule has 0 fully saturated rings. The molecule has 0 atom stereocenters. The first kappa shape index (κ1) is 21.3. The summed E-state index contributed by atoms with van der Waals surface area (Å²) in [7, 11) is -3.87. The third-order valence-electron chi connectivity index (χ3n) is 4.51. The minimum atomic E-state index is -3.87. The van der Waals surface area contributed by atoms with E-state index in [4.69, 9.17) is 4.74 Å². The third-order valence-corrected chi connectivity index (χ3v) is 5.87. The Balaban J connectivity index is 1.69. The first-order valence-electron chi connectivity index (χ1n) is 9.85. The molecule has 0 saturated carbocycles. The lowest BCUT2D eigenvalue weighted by Gasteiger charge is -2.14. The van der Waals surface area contributed by atoms with E-state index in [0.29, 0.717) is 22.3 Å². The summed E-state index contributed by atoms with van der Waals surface area (Å²) >= 11 is 0. The molecule has 0 bridgehead atoms. The van der Waals surface area contributed by atoms with Crippen LogP contribution in [0.4, 0.5) is 17.3 Å². The van der Waals surface area contributed by atoms with Crippen molar-refractivity contribution < 1.29 is 17.9 Å². The van der Waals surface area contributed by atoms with Crippen molar-refractivity contribution >= 4 is 44.3 Å². The number of nitrogens with one attached hydrogen (secondary N) is 2. The first-order chi connectivity index (χ1) is 15.5. The summed E-state index contributed by atoms with van der Waals surface area (Å²) in [6, 6.07) is 21.8. The van der Waals surface area contributed by atoms with Crippen molar-refractivity contribution in [3.8, 4) is 0 Å². The number of sulfonamides is 1. The zero-order valence-electron chi connectivity index (χ0n) is 17.1. The maximum absolute atomic E-state index is 12.9. The van der Waals surface area contributed by atoms with E-state index in [2.05, 4.69) is 20.0 Å². The molecule has 8 nitrogen and oxygen atoms in total. The summed E-state index contributed by atoms with van der Waals surface area (Å²) in [4.78, 5) is 21.0. The maximum Gasteiger partial charge on any atom is 0.338 e. The largest absolute Gasteiger partial charge is 0.462 e. The number of anilines is 3. The van der Waals surface area contributed by atoms with Crippen molar-refractivity contribution in [1.29, 1.82) is 0 Å². The SMILES string of the molecule is CCOC(=O)c1ccc(Nc2nc3ccccc3nc2NS(=O)(=O)c2ccccc2)cc1. The van der Waals surface area contributed by atoms with Gasteiger partial charge < -0.3 is 10.1 Å². The van der Waals surface area contributed by atoms with Gasteiger partial charge in [-0.15, -0.1) is 0 Å². The molecule has 0 saturated heterocycles. The van der Waals surface area contributed by atoms with E-state index >= 15 is 0 Å². The van der Waals surface area contributed by atoms with Crippen molar-refractivity contribution in [2.75, 3.05) is 16.6 Å². The number of benzene rings is 3. The molecule has 32 heavy (non-hydrogen) atoms. The van der Waals surface area contributed by atoms with Crippen LogP contribution in [0.25, 0.3) is 11.0 Å². The number of hydrogen-bond acceptors (Lipinski definition) is 7. The smallest absolute Gasteiger partial charge is 0.338 e. The van der Waals surface area contributed by atoms with E-state index < -0.39 is 16.0 Å². The summed E-state index contributed by atoms with van der Waals surface area (Å²) in [6.45, 7) is 2.03. The van der Waals surface area contributed by atoms with Gasteiger partial charge in [-0.2, -0.15) is 0 Å². The Morgan fingerprint density at radius 2 is 1.44 bits per heavy atom. The summed E-state index contributed by atoms with van der Waals surface area (Å²) < 4.78 is 33.2. The van der Waals surface area contributed by atoms with Crippen molar-refractivity contribution in [2.24, 2.45) is 0 Å². The predicted molar refractivity (Wildman–Crippen MR) is 122 cm³/mol. The van der Waals surface area contributed by atoms with Crippen LogP contribution in [0, 0.1) is 0 Å². The molecule has 1 aromatic heterocycles. The van der Waals surface area contributed by atoms with Gasteiger partial charge in [-0.25, -0.2) is 23.2 Å². The van der Waals surface area contributed by atoms with Gasteiger partial charge in [0.2, 0.25) is 0 Å². The number of esters is 1. The Morgan fingerprint density at radius 1 is 0.844 bits per heavy atom. The lowest BCUT2D eigenvalue weighted by Crippen LogP contribution is -2.16. The summed E-state index contributed by atoms with van der Waals surface area (Å²) in [5.74, 6) is -0.130. The van der Waals surface area contributed by atoms with Gasteiger partial charge in [0.15, 0.2) is 11.6 Å². The fraction of sp³-hybridized carbons (Fsp3) is 0.0870. The summed E-state index contributed by atoms with van der Waals surface area (Å²) in [6.07, 6.45) is 0. The highest BCUT2D eigenvalue weighted by atomic mass is 32.2.